The molecule has 0 N–H and O–H groups in total. The maximum atomic E-state index is 3.53. The number of nitrogens with zero attached hydrogens (tertiary/aromatic N) is 6. The van der Waals surface area contributed by atoms with E-state index in [0.717, 1.165) is 38.9 Å². The fraction of sp³-hybridized carbons (Fsp3) is 0.0500. The first-order valence-corrected chi connectivity index (χ1v) is 43.0. The fourth-order valence-corrected chi connectivity index (χ4v) is 19.6. The second-order valence-corrected chi connectivity index (χ2v) is 32.8. The van der Waals surface area contributed by atoms with Crippen LogP contribution in [0.25, 0.3) is 229 Å². The van der Waals surface area contributed by atoms with E-state index in [4.69, 9.17) is 0 Å². The quantitative estimate of drug-likeness (QED) is 0.158. The first kappa shape index (κ1) is 85.6. The third kappa shape index (κ3) is 15.3. The molecule has 27 rings (SSSR count). The van der Waals surface area contributed by atoms with E-state index in [-0.39, 0.29) is 93.3 Å². The Morgan fingerprint density at radius 2 is 0.543 bits per heavy atom. The Bertz CT molecular complexity index is 8700. The second kappa shape index (κ2) is 36.3. The largest absolute Gasteiger partial charge is 2.00 e. The third-order valence-corrected chi connectivity index (χ3v) is 25.8. The third-order valence-electron chi connectivity index (χ3n) is 25.8. The molecule has 0 aliphatic heterocycles. The van der Waals surface area contributed by atoms with Crippen LogP contribution in [-0.2, 0) is 42.3 Å². The number of para-hydroxylation sites is 3. The average molecular weight is 2320 g/mol. The second-order valence-electron chi connectivity index (χ2n) is 32.8. The first-order valence-electron chi connectivity index (χ1n) is 43.0. The Hall–Kier alpha value is -12.9. The molecule has 0 saturated heterocycles. The van der Waals surface area contributed by atoms with Gasteiger partial charge in [0.25, 0.3) is 0 Å². The van der Waals surface area contributed by atoms with Crippen LogP contribution < -0.4 is 0 Å². The van der Waals surface area contributed by atoms with Crippen molar-refractivity contribution in [2.75, 3.05) is 0 Å². The zero-order chi connectivity index (χ0) is 84.6. The van der Waals surface area contributed by atoms with E-state index in [2.05, 4.69) is 446 Å². The molecule has 0 amide bonds. The van der Waals surface area contributed by atoms with Crippen molar-refractivity contribution in [2.24, 2.45) is 42.3 Å². The molecule has 0 radical (unpaired) electrons. The van der Waals surface area contributed by atoms with Crippen LogP contribution in [-0.4, -0.2) is 27.4 Å². The zero-order valence-corrected chi connectivity index (χ0v) is 84.8. The van der Waals surface area contributed by atoms with Gasteiger partial charge in [-0.2, -0.15) is 109 Å². The van der Waals surface area contributed by atoms with Crippen LogP contribution in [0.5, 0.6) is 0 Å². The van der Waals surface area contributed by atoms with E-state index >= 15 is 0 Å². The summed E-state index contributed by atoms with van der Waals surface area (Å²) in [7, 11) is 12.8. The minimum Gasteiger partial charge on any atom is -0.392 e. The topological polar surface area (TPSA) is 29.6 Å². The van der Waals surface area contributed by atoms with E-state index in [9.17, 15) is 0 Å². The summed E-state index contributed by atoms with van der Waals surface area (Å²) in [5.41, 5.74) is 21.7. The molecule has 6 heterocycles. The Balaban J connectivity index is 0.000000100. The van der Waals surface area contributed by atoms with Gasteiger partial charge < -0.3 is 27.4 Å². The molecule has 0 unspecified atom stereocenters. The van der Waals surface area contributed by atoms with Gasteiger partial charge in [-0.1, -0.05) is 258 Å². The van der Waals surface area contributed by atoms with Gasteiger partial charge in [-0.15, -0.1) is 36.4 Å². The molecule has 9 heteroatoms. The number of hydrogen-bond donors (Lipinski definition) is 0. The van der Waals surface area contributed by atoms with Crippen molar-refractivity contribution in [3.05, 3.63) is 437 Å². The van der Waals surface area contributed by atoms with E-state index in [1.807, 2.05) is 60.7 Å². The van der Waals surface area contributed by atoms with Crippen molar-refractivity contribution in [2.45, 2.75) is 0 Å². The molecule has 0 saturated carbocycles. The number of benzene rings is 21. The van der Waals surface area contributed by atoms with Gasteiger partial charge in [-0.3, -0.25) is 0 Å². The summed E-state index contributed by atoms with van der Waals surface area (Å²) in [6.45, 7) is 0. The Kier molecular flexibility index (Phi) is 24.1. The minimum absolute atomic E-state index is 0. The molecule has 27 aromatic rings. The van der Waals surface area contributed by atoms with Gasteiger partial charge in [0, 0.05) is 124 Å². The Morgan fingerprint density at radius 3 is 1.10 bits per heavy atom. The van der Waals surface area contributed by atoms with Gasteiger partial charge in [-0.05, 0) is 136 Å². The van der Waals surface area contributed by atoms with Crippen molar-refractivity contribution in [3.63, 3.8) is 0 Å². The van der Waals surface area contributed by atoms with Crippen molar-refractivity contribution < 1.29 is 93.3 Å². The summed E-state index contributed by atoms with van der Waals surface area (Å²) in [5.74, 6) is 0. The summed E-state index contributed by atoms with van der Waals surface area (Å²) < 4.78 is 13.7. The maximum absolute atomic E-state index is 3.53. The smallest absolute Gasteiger partial charge is 0.392 e. The van der Waals surface area contributed by atoms with Gasteiger partial charge in [-0.25, -0.2) is 33.4 Å². The first-order chi connectivity index (χ1) is 62.0. The molecule has 0 atom stereocenters. The molecule has 6 aromatic heterocycles. The zero-order valence-electron chi connectivity index (χ0n) is 72.3. The molecular weight excluding hydrogens is 2240 g/mol. The maximum Gasteiger partial charge on any atom is 2.00 e. The van der Waals surface area contributed by atoms with Gasteiger partial charge in [0.15, 0.2) is 0 Å². The molecule has 0 aliphatic carbocycles. The summed E-state index contributed by atoms with van der Waals surface area (Å²) in [6.07, 6.45) is 0. The van der Waals surface area contributed by atoms with Crippen molar-refractivity contribution in [1.82, 2.24) is 27.4 Å². The van der Waals surface area contributed by atoms with E-state index in [1.54, 1.807) is 0 Å². The van der Waals surface area contributed by atoms with E-state index in [0.29, 0.717) is 0 Å². The molecule has 0 fully saturated rings. The van der Waals surface area contributed by atoms with Gasteiger partial charge in [0.05, 0.1) is 11.0 Å². The molecule has 6 nitrogen and oxygen atoms in total. The normalized spacial score (nSPS) is 11.3. The fourth-order valence-electron chi connectivity index (χ4n) is 19.6. The molecule has 129 heavy (non-hydrogen) atoms. The molecule has 21 aromatic carbocycles. The summed E-state index contributed by atoms with van der Waals surface area (Å²) in [6, 6.07) is 161. The number of aryl methyl sites for hydroxylation is 6. The standard InChI is InChI=1S/3C21H15N.3C19H13N.3U/c1-22-19-13-11-14-6-2-4-8-16(14)20(19)18-12-10-15-7-3-5-9-17(15)21(18)22;1-22-19-11-10-14-6-4-5-9-17(14)21(19)18-12-15-7-2-3-8-16(15)13-20(18)22;1-22-20-13-16-8-3-2-7-15(16)12-19(20)18-11-10-14-6-4-5-9-17(14)21(18)22;1-20-18-13-6-5-10-16(18)17-12-7-11-15(19(17)20)14-8-3-2-4-9-14;2*1-20-18-10-6-5-9-16(18)17-12-11-15(13-19(17)20)14-7-3-2-4-8-14;;;/h3*2-13H,1H3;2-8,10,12-13H,1H3;2-7,9-10,12-13H,1H3;2-7,9-12H,1H3;;;/q;;;3*-2;3*+2. The molecule has 0 spiro atoms. The predicted molar refractivity (Wildman–Crippen MR) is 537 cm³/mol. The number of aromatic nitrogens is 6. The van der Waals surface area contributed by atoms with Crippen molar-refractivity contribution >= 4 is 195 Å². The summed E-state index contributed by atoms with van der Waals surface area (Å²) >= 11 is 0. The van der Waals surface area contributed by atoms with Gasteiger partial charge in [0.2, 0.25) is 0 Å². The number of fused-ring (bicyclic) bond motifs is 28. The van der Waals surface area contributed by atoms with E-state index < -0.39 is 0 Å². The van der Waals surface area contributed by atoms with Crippen molar-refractivity contribution in [1.29, 1.82) is 0 Å². The average Bonchev–Trinajstić information content (AvgIpc) is 1.57. The predicted octanol–water partition coefficient (Wildman–Crippen LogP) is 30.7. The van der Waals surface area contributed by atoms with Crippen LogP contribution in [0, 0.1) is 130 Å². The SMILES string of the molecule is Cn1c2[c-]c(-c3[c-]cccc3)ccc2c2ccccc21.Cn1c2cc3ccccc3cc2c2c3ccccc3ccc21.Cn1c2cc3ccccc3cc2c2ccc3ccccc3c21.Cn1c2ccc3ccccc3c2c2ccc3ccccc3c21.Cn1c2ccccc2c2c[c-]c(-c3[c-]cccc3)cc21.Cn1c2ccccc2c2cc[c-]c(-c3[c-]cccc3)c21.[U+2].[U+2].[U+2]. The molecular formula is C120H84N6U3. The number of hydrogen-bond acceptors (Lipinski definition) is 0. The van der Waals surface area contributed by atoms with Crippen LogP contribution in [0.2, 0.25) is 0 Å². The Labute approximate surface area is 820 Å². The van der Waals surface area contributed by atoms with Crippen molar-refractivity contribution in [3.8, 4) is 33.4 Å². The molecule has 0 bridgehead atoms. The molecule has 0 aliphatic rings. The number of rotatable bonds is 3. The van der Waals surface area contributed by atoms with Crippen LogP contribution in [0.1, 0.15) is 0 Å². The van der Waals surface area contributed by atoms with Crippen LogP contribution in [0.4, 0.5) is 0 Å². The minimum atomic E-state index is 0. The van der Waals surface area contributed by atoms with Gasteiger partial charge >= 0.3 is 93.3 Å². The summed E-state index contributed by atoms with van der Waals surface area (Å²) in [5, 5.41) is 31.4. The van der Waals surface area contributed by atoms with Crippen LogP contribution in [0.3, 0.4) is 0 Å². The van der Waals surface area contributed by atoms with E-state index in [1.165, 1.54) is 190 Å². The van der Waals surface area contributed by atoms with Crippen LogP contribution in [0.15, 0.2) is 400 Å². The van der Waals surface area contributed by atoms with Crippen LogP contribution >= 0.6 is 0 Å². The monoisotopic (exact) mass is 2320 g/mol. The summed E-state index contributed by atoms with van der Waals surface area (Å²) in [4.78, 5) is 0. The molecule has 606 valence electrons. The van der Waals surface area contributed by atoms with Gasteiger partial charge in [0.1, 0.15) is 0 Å². The Morgan fingerprint density at radius 1 is 0.178 bits per heavy atom.